The maximum absolute atomic E-state index is 14.3. The van der Waals surface area contributed by atoms with Crippen molar-refractivity contribution in [3.8, 4) is 15.4 Å². The highest BCUT2D eigenvalue weighted by Crippen LogP contribution is 2.40. The molecule has 0 spiro atoms. The van der Waals surface area contributed by atoms with Crippen LogP contribution in [0.5, 0.6) is 0 Å². The number of aliphatic hydroxyl groups excluding tert-OH is 1. The summed E-state index contributed by atoms with van der Waals surface area (Å²) < 4.78 is 13.2. The van der Waals surface area contributed by atoms with E-state index in [4.69, 9.17) is 14.5 Å². The molecule has 8 rings (SSSR count). The van der Waals surface area contributed by atoms with Crippen molar-refractivity contribution in [2.45, 2.75) is 111 Å². The van der Waals surface area contributed by atoms with Crippen molar-refractivity contribution in [3.63, 3.8) is 0 Å². The van der Waals surface area contributed by atoms with Gasteiger partial charge in [-0.1, -0.05) is 57.2 Å². The van der Waals surface area contributed by atoms with E-state index in [1.54, 1.807) is 22.7 Å². The Hall–Kier alpha value is -5.82. The maximum atomic E-state index is 14.3. The number of carbonyl (C=O) groups excluding carboxylic acids is 4. The first kappa shape index (κ1) is 47.7. The van der Waals surface area contributed by atoms with Crippen LogP contribution in [0.25, 0.3) is 15.4 Å². The summed E-state index contributed by atoms with van der Waals surface area (Å²) in [6.45, 7) is 16.5. The average molecular weight is 950 g/mol. The third-order valence-corrected chi connectivity index (χ3v) is 15.2. The predicted octanol–water partition coefficient (Wildman–Crippen LogP) is 6.11. The van der Waals surface area contributed by atoms with E-state index in [2.05, 4.69) is 56.7 Å². The lowest BCUT2D eigenvalue weighted by Crippen LogP contribution is -2.58. The van der Waals surface area contributed by atoms with Crippen molar-refractivity contribution in [1.29, 1.82) is 0 Å². The Kier molecular flexibility index (Phi) is 13.8. The molecule has 6 atom stereocenters. The Morgan fingerprint density at radius 3 is 2.34 bits per heavy atom. The number of likely N-dealkylation sites (tertiary alicyclic amines) is 1. The predicted molar refractivity (Wildman–Crippen MR) is 258 cm³/mol. The fourth-order valence-electron chi connectivity index (χ4n) is 9.11. The number of benzene rings is 2. The van der Waals surface area contributed by atoms with Crippen LogP contribution in [0.1, 0.15) is 104 Å². The zero-order valence-corrected chi connectivity index (χ0v) is 41.1. The molecule has 3 aromatic heterocycles. The van der Waals surface area contributed by atoms with Gasteiger partial charge in [-0.3, -0.25) is 28.7 Å². The zero-order valence-electron chi connectivity index (χ0n) is 39.5. The molecule has 16 nitrogen and oxygen atoms in total. The molecular formula is C49H59N9O7S2. The monoisotopic (exact) mass is 949 g/mol. The van der Waals surface area contributed by atoms with Crippen LogP contribution in [0.2, 0.25) is 0 Å². The third kappa shape index (κ3) is 9.94. The summed E-state index contributed by atoms with van der Waals surface area (Å²) in [6, 6.07) is 13.3. The number of nitrogens with one attached hydrogen (secondary N) is 2. The Morgan fingerprint density at radius 1 is 0.955 bits per heavy atom. The number of hydrogen-bond donors (Lipinski definition) is 3. The van der Waals surface area contributed by atoms with E-state index >= 15 is 0 Å². The van der Waals surface area contributed by atoms with Gasteiger partial charge in [0.15, 0.2) is 5.82 Å². The molecule has 5 aromatic rings. The fraction of sp³-hybridized carbons (Fsp3) is 0.469. The van der Waals surface area contributed by atoms with Crippen LogP contribution in [0.4, 0.5) is 5.69 Å². The van der Waals surface area contributed by atoms with Gasteiger partial charge in [0.1, 0.15) is 35.6 Å². The minimum absolute atomic E-state index is 0.0201. The molecule has 0 radical (unpaired) electrons. The number of rotatable bonds is 13. The first-order chi connectivity index (χ1) is 31.9. The second kappa shape index (κ2) is 19.4. The summed E-state index contributed by atoms with van der Waals surface area (Å²) >= 11 is 3.23. The molecule has 2 saturated heterocycles. The SMILES string of the molecule is COC(=O)C[C@@H]1N=C(c2ccc(N3CCC(OCC(=O)N[C@H](C(=O)N4C[C@H](O)C[C@H]4C(=O)N[C@@H](C)c4ccc(-c5scnc5C)cc4)C(C)(C)C)C3)cc2)c2c(sc(C)c2C)-n2c(C)nnc21. The van der Waals surface area contributed by atoms with Crippen molar-refractivity contribution in [2.75, 3.05) is 38.3 Å². The third-order valence-electron chi connectivity index (χ3n) is 13.0. The number of anilines is 1. The summed E-state index contributed by atoms with van der Waals surface area (Å²) in [5.41, 5.74) is 8.78. The second-order valence-corrected chi connectivity index (χ2v) is 20.8. The van der Waals surface area contributed by atoms with Gasteiger partial charge >= 0.3 is 5.97 Å². The minimum Gasteiger partial charge on any atom is -0.469 e. The number of esters is 1. The Morgan fingerprint density at radius 2 is 1.67 bits per heavy atom. The maximum Gasteiger partial charge on any atom is 0.308 e. The highest BCUT2D eigenvalue weighted by Gasteiger charge is 2.45. The molecule has 0 bridgehead atoms. The number of ether oxygens (including phenoxy) is 2. The number of nitrogens with zero attached hydrogens (tertiary/aromatic N) is 7. The molecule has 6 heterocycles. The summed E-state index contributed by atoms with van der Waals surface area (Å²) in [4.78, 5) is 69.5. The molecular weight excluding hydrogens is 891 g/mol. The zero-order chi connectivity index (χ0) is 47.9. The van der Waals surface area contributed by atoms with Crippen molar-refractivity contribution in [2.24, 2.45) is 10.4 Å². The van der Waals surface area contributed by atoms with Gasteiger partial charge in [-0.05, 0) is 75.3 Å². The molecule has 67 heavy (non-hydrogen) atoms. The van der Waals surface area contributed by atoms with Gasteiger partial charge in [0.05, 0.1) is 53.6 Å². The molecule has 354 valence electrons. The number of aromatic nitrogens is 4. The number of aliphatic imine (C=N–C) groups is 1. The van der Waals surface area contributed by atoms with Gasteiger partial charge in [-0.15, -0.1) is 32.9 Å². The van der Waals surface area contributed by atoms with E-state index in [-0.39, 0.29) is 50.0 Å². The second-order valence-electron chi connectivity index (χ2n) is 18.8. The number of aliphatic hydroxyl groups is 1. The molecule has 0 saturated carbocycles. The topological polar surface area (TPSA) is 193 Å². The number of carbonyl (C=O) groups is 4. The molecule has 2 fully saturated rings. The largest absolute Gasteiger partial charge is 0.469 e. The van der Waals surface area contributed by atoms with Crippen LogP contribution >= 0.6 is 22.7 Å². The smallest absolute Gasteiger partial charge is 0.308 e. The Labute approximate surface area is 398 Å². The lowest BCUT2D eigenvalue weighted by molar-refractivity contribution is -0.145. The van der Waals surface area contributed by atoms with Gasteiger partial charge in [-0.25, -0.2) is 4.98 Å². The van der Waals surface area contributed by atoms with Crippen LogP contribution in [0, 0.1) is 33.1 Å². The normalized spacial score (nSPS) is 20.1. The number of thiophene rings is 1. The Bertz CT molecular complexity index is 2680. The number of thiazole rings is 1. The molecule has 1 unspecified atom stereocenters. The van der Waals surface area contributed by atoms with E-state index in [1.807, 2.05) is 88.0 Å². The fourth-order valence-corrected chi connectivity index (χ4v) is 11.1. The van der Waals surface area contributed by atoms with E-state index in [0.717, 1.165) is 65.5 Å². The quantitative estimate of drug-likeness (QED) is 0.115. The van der Waals surface area contributed by atoms with Crippen molar-refractivity contribution in [1.82, 2.24) is 35.3 Å². The first-order valence-corrected chi connectivity index (χ1v) is 24.3. The molecule has 3 aliphatic rings. The number of methoxy groups -OCH3 is 1. The Balaban J connectivity index is 0.884. The van der Waals surface area contributed by atoms with Crippen LogP contribution in [0.15, 0.2) is 59.0 Å². The molecule has 18 heteroatoms. The van der Waals surface area contributed by atoms with Crippen molar-refractivity contribution >= 4 is 57.8 Å². The first-order valence-electron chi connectivity index (χ1n) is 22.6. The highest BCUT2D eigenvalue weighted by molar-refractivity contribution is 7.15. The van der Waals surface area contributed by atoms with Gasteiger partial charge in [-0.2, -0.15) is 0 Å². The number of aryl methyl sites for hydroxylation is 3. The highest BCUT2D eigenvalue weighted by atomic mass is 32.1. The van der Waals surface area contributed by atoms with Crippen molar-refractivity contribution in [3.05, 3.63) is 98.5 Å². The van der Waals surface area contributed by atoms with Crippen molar-refractivity contribution < 1.29 is 33.8 Å². The molecule has 3 N–H and O–H groups in total. The van der Waals surface area contributed by atoms with Crippen LogP contribution in [0.3, 0.4) is 0 Å². The lowest BCUT2D eigenvalue weighted by Gasteiger charge is -2.35. The summed E-state index contributed by atoms with van der Waals surface area (Å²) in [5, 5.41) is 26.5. The van der Waals surface area contributed by atoms with E-state index in [1.165, 1.54) is 12.0 Å². The van der Waals surface area contributed by atoms with E-state index in [9.17, 15) is 24.3 Å². The standard InChI is InChI=1S/C49H59N9O7S2/c1-26-29(4)67-48-41(26)42(52-37(21-40(61)64-9)45-55-54-30(5)58(45)48)32-14-16-34(17-15-32)56-19-18-36(23-56)65-24-39(60)53-44(49(6,7)8)47(63)57-22-35(59)20-38(57)46(62)51-27(2)31-10-12-33(13-11-31)43-28(3)50-25-66-43/h10-17,25,27,35-38,44,59H,18-24H2,1-9H3,(H,51,62)(H,53,60)/t27-,35+,36?,37-,38-,44+/m0/s1. The summed E-state index contributed by atoms with van der Waals surface area (Å²) in [5.74, 6) is -0.311. The van der Waals surface area contributed by atoms with E-state index in [0.29, 0.717) is 25.3 Å². The van der Waals surface area contributed by atoms with E-state index < -0.39 is 41.5 Å². The van der Waals surface area contributed by atoms with Gasteiger partial charge in [0.25, 0.3) is 0 Å². The number of amides is 3. The minimum atomic E-state index is -0.975. The summed E-state index contributed by atoms with van der Waals surface area (Å²) in [7, 11) is 1.37. The molecule has 2 aromatic carbocycles. The van der Waals surface area contributed by atoms with Gasteiger partial charge in [0.2, 0.25) is 17.7 Å². The lowest BCUT2D eigenvalue weighted by atomic mass is 9.85. The molecule has 3 amide bonds. The number of β-amino-alcohol motifs (C(OH)–C–C–N with tert-alkyl or cyclic N) is 1. The van der Waals surface area contributed by atoms with Crippen LogP contribution in [-0.2, 0) is 28.7 Å². The van der Waals surface area contributed by atoms with Crippen LogP contribution in [-0.4, -0.2) is 117 Å². The average Bonchev–Trinajstić information content (AvgIpc) is 4.15. The van der Waals surface area contributed by atoms with Gasteiger partial charge in [0, 0.05) is 47.7 Å². The van der Waals surface area contributed by atoms with Gasteiger partial charge < -0.3 is 35.0 Å². The van der Waals surface area contributed by atoms with Crippen LogP contribution < -0.4 is 15.5 Å². The number of hydrogen-bond acceptors (Lipinski definition) is 14. The molecule has 0 aliphatic carbocycles. The molecule has 3 aliphatic heterocycles. The number of fused-ring (bicyclic) bond motifs is 3. The summed E-state index contributed by atoms with van der Waals surface area (Å²) in [6.07, 6.45) is -0.297.